The second kappa shape index (κ2) is 8.75. The standard InChI is InChI=1S/C25H23N3O3/c1-18-24(25(30)28(27(18)2)21-11-7-4-8-12-21)26-23(29)17-31-22-15-13-20(14-16-22)19-9-5-3-6-10-19/h3-16H,17H2,1-2H3,(H,26,29). The molecule has 0 spiro atoms. The molecule has 6 nitrogen and oxygen atoms in total. The minimum Gasteiger partial charge on any atom is -0.484 e. The van der Waals surface area contributed by atoms with Gasteiger partial charge in [0.15, 0.2) is 6.61 Å². The smallest absolute Gasteiger partial charge is 0.295 e. The summed E-state index contributed by atoms with van der Waals surface area (Å²) in [6.45, 7) is 1.60. The van der Waals surface area contributed by atoms with Crippen LogP contribution >= 0.6 is 0 Å². The Morgan fingerprint density at radius 2 is 1.45 bits per heavy atom. The number of carbonyl (C=O) groups excluding carboxylic acids is 1. The third-order valence-electron chi connectivity index (χ3n) is 5.15. The van der Waals surface area contributed by atoms with Gasteiger partial charge in [-0.1, -0.05) is 60.7 Å². The van der Waals surface area contributed by atoms with Gasteiger partial charge >= 0.3 is 0 Å². The molecule has 0 aliphatic heterocycles. The van der Waals surface area contributed by atoms with Crippen LogP contribution in [-0.2, 0) is 11.8 Å². The van der Waals surface area contributed by atoms with Gasteiger partial charge in [0.1, 0.15) is 11.4 Å². The van der Waals surface area contributed by atoms with E-state index in [0.29, 0.717) is 11.4 Å². The summed E-state index contributed by atoms with van der Waals surface area (Å²) >= 11 is 0. The summed E-state index contributed by atoms with van der Waals surface area (Å²) in [5.41, 5.74) is 3.54. The predicted molar refractivity (Wildman–Crippen MR) is 122 cm³/mol. The summed E-state index contributed by atoms with van der Waals surface area (Å²) in [6, 6.07) is 26.9. The van der Waals surface area contributed by atoms with Crippen LogP contribution in [0.1, 0.15) is 5.69 Å². The second-order valence-corrected chi connectivity index (χ2v) is 7.16. The Labute approximate surface area is 180 Å². The molecule has 3 aromatic carbocycles. The van der Waals surface area contributed by atoms with Crippen molar-refractivity contribution in [1.29, 1.82) is 0 Å². The summed E-state index contributed by atoms with van der Waals surface area (Å²) in [6.07, 6.45) is 0. The van der Waals surface area contributed by atoms with Crippen molar-refractivity contribution in [2.45, 2.75) is 6.92 Å². The van der Waals surface area contributed by atoms with Gasteiger partial charge in [0.2, 0.25) is 0 Å². The number of benzene rings is 3. The Balaban J connectivity index is 1.43. The molecule has 1 heterocycles. The Bertz CT molecular complexity index is 1240. The molecule has 6 heteroatoms. The van der Waals surface area contributed by atoms with E-state index in [4.69, 9.17) is 4.74 Å². The fourth-order valence-corrected chi connectivity index (χ4v) is 3.41. The minimum atomic E-state index is -0.391. The van der Waals surface area contributed by atoms with Gasteiger partial charge in [0, 0.05) is 7.05 Å². The molecule has 1 aromatic heterocycles. The molecule has 0 aliphatic rings. The highest BCUT2D eigenvalue weighted by Gasteiger charge is 2.18. The lowest BCUT2D eigenvalue weighted by molar-refractivity contribution is -0.118. The Kier molecular flexibility index (Phi) is 5.71. The molecule has 0 unspecified atom stereocenters. The first-order chi connectivity index (χ1) is 15.0. The number of para-hydroxylation sites is 1. The van der Waals surface area contributed by atoms with Crippen molar-refractivity contribution < 1.29 is 9.53 Å². The van der Waals surface area contributed by atoms with Gasteiger partial charge in [-0.05, 0) is 42.3 Å². The van der Waals surface area contributed by atoms with E-state index in [9.17, 15) is 9.59 Å². The van der Waals surface area contributed by atoms with Crippen LogP contribution < -0.4 is 15.6 Å². The maximum atomic E-state index is 12.9. The number of nitrogens with one attached hydrogen (secondary N) is 1. The zero-order valence-electron chi connectivity index (χ0n) is 17.4. The van der Waals surface area contributed by atoms with E-state index >= 15 is 0 Å². The number of carbonyl (C=O) groups is 1. The van der Waals surface area contributed by atoms with Crippen LogP contribution in [0.3, 0.4) is 0 Å². The first kappa shape index (κ1) is 20.2. The number of amides is 1. The first-order valence-electron chi connectivity index (χ1n) is 9.97. The topological polar surface area (TPSA) is 65.3 Å². The van der Waals surface area contributed by atoms with Crippen molar-refractivity contribution in [2.75, 3.05) is 11.9 Å². The zero-order chi connectivity index (χ0) is 21.8. The van der Waals surface area contributed by atoms with E-state index in [1.807, 2.05) is 84.9 Å². The molecule has 0 saturated heterocycles. The second-order valence-electron chi connectivity index (χ2n) is 7.16. The molecule has 156 valence electrons. The molecule has 31 heavy (non-hydrogen) atoms. The normalized spacial score (nSPS) is 10.6. The van der Waals surface area contributed by atoms with Gasteiger partial charge in [0.25, 0.3) is 11.5 Å². The number of rotatable bonds is 6. The summed E-state index contributed by atoms with van der Waals surface area (Å²) in [5.74, 6) is 0.194. The monoisotopic (exact) mass is 413 g/mol. The van der Waals surface area contributed by atoms with E-state index in [1.54, 1.807) is 18.7 Å². The fourth-order valence-electron chi connectivity index (χ4n) is 3.41. The highest BCUT2D eigenvalue weighted by molar-refractivity contribution is 5.92. The predicted octanol–water partition coefficient (Wildman–Crippen LogP) is 4.17. The van der Waals surface area contributed by atoms with Gasteiger partial charge < -0.3 is 10.1 Å². The summed E-state index contributed by atoms with van der Waals surface area (Å²) in [7, 11) is 1.78. The largest absolute Gasteiger partial charge is 0.484 e. The Morgan fingerprint density at radius 3 is 2.10 bits per heavy atom. The van der Waals surface area contributed by atoms with Crippen LogP contribution in [0.25, 0.3) is 16.8 Å². The molecular formula is C25H23N3O3. The van der Waals surface area contributed by atoms with Crippen molar-refractivity contribution in [3.8, 4) is 22.6 Å². The third-order valence-corrected chi connectivity index (χ3v) is 5.15. The number of hydrogen-bond donors (Lipinski definition) is 1. The summed E-state index contributed by atoms with van der Waals surface area (Å²) < 4.78 is 8.85. The van der Waals surface area contributed by atoms with Gasteiger partial charge in [0.05, 0.1) is 11.4 Å². The highest BCUT2D eigenvalue weighted by Crippen LogP contribution is 2.22. The zero-order valence-corrected chi connectivity index (χ0v) is 17.4. The molecule has 4 rings (SSSR count). The van der Waals surface area contributed by atoms with E-state index in [-0.39, 0.29) is 17.9 Å². The van der Waals surface area contributed by atoms with Crippen molar-refractivity contribution in [1.82, 2.24) is 9.36 Å². The fraction of sp³-hybridized carbons (Fsp3) is 0.120. The van der Waals surface area contributed by atoms with Gasteiger partial charge in [-0.25, -0.2) is 4.68 Å². The molecule has 0 aliphatic carbocycles. The molecule has 0 saturated carbocycles. The lowest BCUT2D eigenvalue weighted by Gasteiger charge is -2.08. The molecule has 4 aromatic rings. The van der Waals surface area contributed by atoms with E-state index in [2.05, 4.69) is 5.32 Å². The highest BCUT2D eigenvalue weighted by atomic mass is 16.5. The van der Waals surface area contributed by atoms with Crippen LogP contribution in [0, 0.1) is 6.92 Å². The van der Waals surface area contributed by atoms with Crippen LogP contribution in [0.2, 0.25) is 0 Å². The number of hydrogen-bond acceptors (Lipinski definition) is 3. The Morgan fingerprint density at radius 1 is 0.871 bits per heavy atom. The van der Waals surface area contributed by atoms with Crippen LogP contribution in [0.15, 0.2) is 89.7 Å². The molecule has 1 N–H and O–H groups in total. The molecule has 0 atom stereocenters. The molecule has 0 radical (unpaired) electrons. The maximum absolute atomic E-state index is 12.9. The van der Waals surface area contributed by atoms with Crippen molar-refractivity contribution in [3.05, 3.63) is 101 Å². The molecular weight excluding hydrogens is 390 g/mol. The summed E-state index contributed by atoms with van der Waals surface area (Å²) in [5, 5.41) is 2.70. The molecule has 1 amide bonds. The van der Waals surface area contributed by atoms with Gasteiger partial charge in [-0.3, -0.25) is 14.3 Å². The lowest BCUT2D eigenvalue weighted by Crippen LogP contribution is -2.25. The van der Waals surface area contributed by atoms with Crippen molar-refractivity contribution >= 4 is 11.6 Å². The third kappa shape index (κ3) is 4.28. The van der Waals surface area contributed by atoms with E-state index in [1.165, 1.54) is 4.68 Å². The molecule has 0 bridgehead atoms. The average Bonchev–Trinajstić information content (AvgIpc) is 3.02. The number of aromatic nitrogens is 2. The average molecular weight is 413 g/mol. The lowest BCUT2D eigenvalue weighted by atomic mass is 10.1. The van der Waals surface area contributed by atoms with Crippen LogP contribution in [0.4, 0.5) is 5.69 Å². The number of anilines is 1. The van der Waals surface area contributed by atoms with Gasteiger partial charge in [-0.2, -0.15) is 0 Å². The van der Waals surface area contributed by atoms with Crippen LogP contribution in [-0.4, -0.2) is 21.9 Å². The van der Waals surface area contributed by atoms with Gasteiger partial charge in [-0.15, -0.1) is 0 Å². The van der Waals surface area contributed by atoms with E-state index in [0.717, 1.165) is 16.8 Å². The number of ether oxygens (including phenoxy) is 1. The first-order valence-corrected chi connectivity index (χ1v) is 9.97. The maximum Gasteiger partial charge on any atom is 0.295 e. The quantitative estimate of drug-likeness (QED) is 0.516. The SMILES string of the molecule is Cc1c(NC(=O)COc2ccc(-c3ccccc3)cc2)c(=O)n(-c2ccccc2)n1C. The van der Waals surface area contributed by atoms with Crippen molar-refractivity contribution in [2.24, 2.45) is 7.05 Å². The minimum absolute atomic E-state index is 0.191. The Hall–Kier alpha value is -4.06. The number of nitrogens with zero attached hydrogens (tertiary/aromatic N) is 2. The van der Waals surface area contributed by atoms with Crippen LogP contribution in [0.5, 0.6) is 5.75 Å². The summed E-state index contributed by atoms with van der Waals surface area (Å²) in [4.78, 5) is 25.3. The van der Waals surface area contributed by atoms with Crippen molar-refractivity contribution in [3.63, 3.8) is 0 Å². The molecule has 0 fully saturated rings. The van der Waals surface area contributed by atoms with E-state index < -0.39 is 5.91 Å².